The largest absolute Gasteiger partial charge is 0.508 e. The van der Waals surface area contributed by atoms with Gasteiger partial charge in [-0.15, -0.1) is 0 Å². The molecule has 0 saturated heterocycles. The summed E-state index contributed by atoms with van der Waals surface area (Å²) in [5.41, 5.74) is -0.0605. The van der Waals surface area contributed by atoms with Crippen LogP contribution in [0.15, 0.2) is 24.3 Å². The normalized spacial score (nSPS) is 19.7. The van der Waals surface area contributed by atoms with Gasteiger partial charge in [0.05, 0.1) is 5.60 Å². The van der Waals surface area contributed by atoms with Gasteiger partial charge in [0.25, 0.3) is 0 Å². The van der Waals surface area contributed by atoms with Gasteiger partial charge in [0.1, 0.15) is 5.75 Å². The monoisotopic (exact) mass is 343 g/mol. The molecule has 0 spiro atoms. The molecular formula is C16H25NO5S. The van der Waals surface area contributed by atoms with Crippen molar-refractivity contribution in [2.24, 2.45) is 0 Å². The first-order valence-corrected chi connectivity index (χ1v) is 9.20. The first-order valence-electron chi connectivity index (χ1n) is 7.84. The topological polar surface area (TPSA) is 87.1 Å². The summed E-state index contributed by atoms with van der Waals surface area (Å²) in [4.78, 5) is 1.97. The highest BCUT2D eigenvalue weighted by atomic mass is 32.3. The van der Waals surface area contributed by atoms with Gasteiger partial charge in [-0.3, -0.25) is 4.55 Å². The lowest BCUT2D eigenvalue weighted by atomic mass is 9.72. The quantitative estimate of drug-likeness (QED) is 0.772. The third kappa shape index (κ3) is 4.91. The van der Waals surface area contributed by atoms with Crippen molar-refractivity contribution in [3.8, 4) is 5.75 Å². The molecule has 0 heterocycles. The van der Waals surface area contributed by atoms with Gasteiger partial charge in [-0.2, -0.15) is 8.42 Å². The minimum atomic E-state index is -4.55. The Balaban J connectivity index is 2.44. The lowest BCUT2D eigenvalue weighted by Crippen LogP contribution is -2.46. The molecule has 0 aliphatic heterocycles. The van der Waals surface area contributed by atoms with Gasteiger partial charge >= 0.3 is 10.4 Å². The summed E-state index contributed by atoms with van der Waals surface area (Å²) in [5.74, 6) is -0.0638. The second kappa shape index (κ2) is 7.17. The standard InChI is InChI=1S/C16H25NO5S/c1-17(2)12-15(13-6-8-14(18)9-7-13)16(22-23(19,20)21)10-4-3-5-11-16/h6-9,15,18H,3-5,10-12H2,1-2H3,(H,19,20,21). The van der Waals surface area contributed by atoms with E-state index in [9.17, 15) is 18.1 Å². The number of benzene rings is 1. The van der Waals surface area contributed by atoms with Crippen LogP contribution in [0.3, 0.4) is 0 Å². The Hall–Kier alpha value is -1.15. The molecule has 1 unspecified atom stereocenters. The second-order valence-electron chi connectivity index (χ2n) is 6.54. The Kier molecular flexibility index (Phi) is 5.67. The highest BCUT2D eigenvalue weighted by Gasteiger charge is 2.45. The van der Waals surface area contributed by atoms with Crippen LogP contribution < -0.4 is 0 Å². The second-order valence-corrected chi connectivity index (χ2v) is 7.56. The van der Waals surface area contributed by atoms with Crippen molar-refractivity contribution in [1.29, 1.82) is 0 Å². The Bertz CT molecular complexity index is 606. The molecule has 1 fully saturated rings. The molecular weight excluding hydrogens is 318 g/mol. The van der Waals surface area contributed by atoms with E-state index < -0.39 is 16.0 Å². The maximum Gasteiger partial charge on any atom is 0.397 e. The molecule has 0 radical (unpaired) electrons. The van der Waals surface area contributed by atoms with E-state index in [1.54, 1.807) is 24.3 Å². The predicted molar refractivity (Wildman–Crippen MR) is 87.9 cm³/mol. The van der Waals surface area contributed by atoms with Crippen LogP contribution in [0.2, 0.25) is 0 Å². The lowest BCUT2D eigenvalue weighted by Gasteiger charge is -2.43. The van der Waals surface area contributed by atoms with Gasteiger partial charge in [0.15, 0.2) is 0 Å². The van der Waals surface area contributed by atoms with Gasteiger partial charge in [-0.1, -0.05) is 31.4 Å². The summed E-state index contributed by atoms with van der Waals surface area (Å²) in [5, 5.41) is 9.50. The van der Waals surface area contributed by atoms with E-state index in [2.05, 4.69) is 0 Å². The average molecular weight is 343 g/mol. The number of hydrogen-bond acceptors (Lipinski definition) is 5. The highest BCUT2D eigenvalue weighted by Crippen LogP contribution is 2.44. The van der Waals surface area contributed by atoms with E-state index >= 15 is 0 Å². The average Bonchev–Trinajstić information content (AvgIpc) is 2.45. The van der Waals surface area contributed by atoms with E-state index in [1.165, 1.54) is 0 Å². The van der Waals surface area contributed by atoms with E-state index in [1.807, 2.05) is 19.0 Å². The smallest absolute Gasteiger partial charge is 0.397 e. The van der Waals surface area contributed by atoms with E-state index in [0.29, 0.717) is 19.4 Å². The van der Waals surface area contributed by atoms with Crippen LogP contribution >= 0.6 is 0 Å². The van der Waals surface area contributed by atoms with Crippen molar-refractivity contribution in [3.05, 3.63) is 29.8 Å². The fourth-order valence-electron chi connectivity index (χ4n) is 3.50. The van der Waals surface area contributed by atoms with Crippen LogP contribution in [0.25, 0.3) is 0 Å². The number of phenolic OH excluding ortho intramolecular Hbond substituents is 1. The van der Waals surface area contributed by atoms with Crippen molar-refractivity contribution in [2.75, 3.05) is 20.6 Å². The molecule has 2 N–H and O–H groups in total. The molecule has 23 heavy (non-hydrogen) atoms. The number of nitrogens with zero attached hydrogens (tertiary/aromatic N) is 1. The Morgan fingerprint density at radius 1 is 1.17 bits per heavy atom. The first kappa shape index (κ1) is 18.2. The maximum absolute atomic E-state index is 11.5. The molecule has 1 saturated carbocycles. The fourth-order valence-corrected chi connectivity index (χ4v) is 4.20. The Morgan fingerprint density at radius 3 is 2.22 bits per heavy atom. The van der Waals surface area contributed by atoms with Crippen molar-refractivity contribution < 1.29 is 22.3 Å². The molecule has 0 aromatic heterocycles. The number of phenols is 1. The Labute approximate surface area is 138 Å². The van der Waals surface area contributed by atoms with Crippen LogP contribution in [0.1, 0.15) is 43.6 Å². The van der Waals surface area contributed by atoms with E-state index in [4.69, 9.17) is 4.18 Å². The van der Waals surface area contributed by atoms with Gasteiger partial charge in [0, 0.05) is 12.5 Å². The van der Waals surface area contributed by atoms with Gasteiger partial charge < -0.3 is 10.0 Å². The molecule has 1 aliphatic rings. The molecule has 1 aromatic rings. The zero-order chi connectivity index (χ0) is 17.1. The summed E-state index contributed by atoms with van der Waals surface area (Å²) in [6.07, 6.45) is 3.90. The highest BCUT2D eigenvalue weighted by molar-refractivity contribution is 7.80. The molecule has 130 valence electrons. The van der Waals surface area contributed by atoms with E-state index in [-0.39, 0.29) is 11.7 Å². The molecule has 1 atom stereocenters. The van der Waals surface area contributed by atoms with E-state index in [0.717, 1.165) is 24.8 Å². The minimum Gasteiger partial charge on any atom is -0.508 e. The third-order valence-electron chi connectivity index (χ3n) is 4.45. The number of rotatable bonds is 6. The van der Waals surface area contributed by atoms with Crippen LogP contribution in [0, 0.1) is 0 Å². The zero-order valence-electron chi connectivity index (χ0n) is 13.6. The molecule has 6 nitrogen and oxygen atoms in total. The number of hydrogen-bond donors (Lipinski definition) is 2. The van der Waals surface area contributed by atoms with Crippen LogP contribution in [-0.2, 0) is 14.6 Å². The van der Waals surface area contributed by atoms with Crippen LogP contribution in [0.4, 0.5) is 0 Å². The van der Waals surface area contributed by atoms with Crippen molar-refractivity contribution in [2.45, 2.75) is 43.6 Å². The lowest BCUT2D eigenvalue weighted by molar-refractivity contribution is -0.00658. The summed E-state index contributed by atoms with van der Waals surface area (Å²) in [7, 11) is -0.719. The summed E-state index contributed by atoms with van der Waals surface area (Å²) < 4.78 is 37.5. The summed E-state index contributed by atoms with van der Waals surface area (Å²) in [6.45, 7) is 0.584. The Morgan fingerprint density at radius 2 is 1.74 bits per heavy atom. The number of aromatic hydroxyl groups is 1. The predicted octanol–water partition coefficient (Wildman–Crippen LogP) is 2.56. The van der Waals surface area contributed by atoms with Crippen molar-refractivity contribution in [1.82, 2.24) is 4.90 Å². The van der Waals surface area contributed by atoms with Crippen molar-refractivity contribution in [3.63, 3.8) is 0 Å². The number of likely N-dealkylation sites (N-methyl/N-ethyl adjacent to an activating group) is 1. The van der Waals surface area contributed by atoms with Crippen LogP contribution in [-0.4, -0.2) is 49.2 Å². The minimum absolute atomic E-state index is 0.158. The van der Waals surface area contributed by atoms with Crippen LogP contribution in [0.5, 0.6) is 5.75 Å². The van der Waals surface area contributed by atoms with Crippen molar-refractivity contribution >= 4 is 10.4 Å². The van der Waals surface area contributed by atoms with Gasteiger partial charge in [-0.25, -0.2) is 4.18 Å². The van der Waals surface area contributed by atoms with Gasteiger partial charge in [0.2, 0.25) is 0 Å². The summed E-state index contributed by atoms with van der Waals surface area (Å²) in [6, 6.07) is 6.74. The van der Waals surface area contributed by atoms with Gasteiger partial charge in [-0.05, 0) is 44.6 Å². The fraction of sp³-hybridized carbons (Fsp3) is 0.625. The molecule has 1 aromatic carbocycles. The third-order valence-corrected chi connectivity index (χ3v) is 4.99. The SMILES string of the molecule is CN(C)CC(c1ccc(O)cc1)C1(OS(=O)(=O)O)CCCCC1. The molecule has 7 heteroatoms. The summed E-state index contributed by atoms with van der Waals surface area (Å²) >= 11 is 0. The zero-order valence-corrected chi connectivity index (χ0v) is 14.4. The molecule has 0 amide bonds. The molecule has 2 rings (SSSR count). The first-order chi connectivity index (χ1) is 10.7. The molecule has 0 bridgehead atoms. The maximum atomic E-state index is 11.5. The molecule has 1 aliphatic carbocycles.